The highest BCUT2D eigenvalue weighted by atomic mass is 32.1. The van der Waals surface area contributed by atoms with Gasteiger partial charge >= 0.3 is 0 Å². The number of rotatable bonds is 4. The lowest BCUT2D eigenvalue weighted by atomic mass is 9.97. The number of hydrazine groups is 1. The lowest BCUT2D eigenvalue weighted by Crippen LogP contribution is -2.28. The van der Waals surface area contributed by atoms with Crippen molar-refractivity contribution < 1.29 is 4.74 Å². The molecule has 1 heterocycles. The summed E-state index contributed by atoms with van der Waals surface area (Å²) in [6.07, 6.45) is 0. The van der Waals surface area contributed by atoms with Crippen molar-refractivity contribution in [2.45, 2.75) is 26.8 Å². The highest BCUT2D eigenvalue weighted by Crippen LogP contribution is 2.32. The molecule has 2 rings (SSSR count). The number of aryl methyl sites for hydroxylation is 3. The lowest BCUT2D eigenvalue weighted by molar-refractivity contribution is 0.411. The molecule has 0 aliphatic heterocycles. The third kappa shape index (κ3) is 2.81. The third-order valence-electron chi connectivity index (χ3n) is 3.31. The predicted octanol–water partition coefficient (Wildman–Crippen LogP) is 3.23. The van der Waals surface area contributed by atoms with E-state index in [0.29, 0.717) is 0 Å². The molecular weight excluding hydrogens is 256 g/mol. The van der Waals surface area contributed by atoms with Gasteiger partial charge in [-0.1, -0.05) is 6.07 Å². The maximum absolute atomic E-state index is 5.76. The van der Waals surface area contributed by atoms with Gasteiger partial charge in [0.2, 0.25) is 0 Å². The average Bonchev–Trinajstić information content (AvgIpc) is 2.80. The number of nitrogens with one attached hydrogen (secondary N) is 1. The Bertz CT molecular complexity index is 578. The molecule has 1 aromatic heterocycles. The molecule has 0 amide bonds. The first-order chi connectivity index (χ1) is 9.06. The van der Waals surface area contributed by atoms with Crippen LogP contribution in [0, 0.1) is 20.8 Å². The van der Waals surface area contributed by atoms with E-state index in [1.165, 1.54) is 20.9 Å². The molecule has 19 heavy (non-hydrogen) atoms. The van der Waals surface area contributed by atoms with Crippen LogP contribution in [-0.4, -0.2) is 7.11 Å². The summed E-state index contributed by atoms with van der Waals surface area (Å²) < 4.78 is 5.35. The van der Waals surface area contributed by atoms with Gasteiger partial charge in [-0.05, 0) is 55.7 Å². The van der Waals surface area contributed by atoms with E-state index in [-0.39, 0.29) is 6.04 Å². The molecule has 0 spiro atoms. The number of hydrogen-bond donors (Lipinski definition) is 2. The molecule has 0 saturated heterocycles. The molecule has 0 aliphatic carbocycles. The van der Waals surface area contributed by atoms with E-state index in [0.717, 1.165) is 11.3 Å². The van der Waals surface area contributed by atoms with Crippen LogP contribution in [0.2, 0.25) is 0 Å². The van der Waals surface area contributed by atoms with Crippen molar-refractivity contribution in [3.8, 4) is 5.75 Å². The van der Waals surface area contributed by atoms with Gasteiger partial charge in [0, 0.05) is 9.75 Å². The average molecular weight is 276 g/mol. The standard InChI is InChI=1S/C15H20N2OS/c1-9-8-13(18-4)10(2)7-12(9)15(17-16)14-6-5-11(3)19-14/h5-8,15,17H,16H2,1-4H3. The number of methoxy groups -OCH3 is 1. The fourth-order valence-corrected chi connectivity index (χ4v) is 3.23. The molecule has 3 nitrogen and oxygen atoms in total. The van der Waals surface area contributed by atoms with Gasteiger partial charge in [0.1, 0.15) is 5.75 Å². The minimum Gasteiger partial charge on any atom is -0.496 e. The second kappa shape index (κ2) is 5.74. The molecule has 0 aliphatic rings. The van der Waals surface area contributed by atoms with Crippen molar-refractivity contribution in [1.82, 2.24) is 5.43 Å². The smallest absolute Gasteiger partial charge is 0.122 e. The van der Waals surface area contributed by atoms with Gasteiger partial charge in [-0.3, -0.25) is 5.84 Å². The van der Waals surface area contributed by atoms with Crippen molar-refractivity contribution in [2.24, 2.45) is 5.84 Å². The number of nitrogens with two attached hydrogens (primary N) is 1. The Morgan fingerprint density at radius 2 is 1.89 bits per heavy atom. The molecule has 1 unspecified atom stereocenters. The van der Waals surface area contributed by atoms with Gasteiger partial charge in [0.05, 0.1) is 13.2 Å². The van der Waals surface area contributed by atoms with E-state index in [1.807, 2.05) is 0 Å². The molecule has 1 aromatic carbocycles. The van der Waals surface area contributed by atoms with Crippen molar-refractivity contribution in [1.29, 1.82) is 0 Å². The summed E-state index contributed by atoms with van der Waals surface area (Å²) in [6, 6.07) is 8.49. The van der Waals surface area contributed by atoms with E-state index < -0.39 is 0 Å². The minimum absolute atomic E-state index is 0.0308. The topological polar surface area (TPSA) is 47.3 Å². The van der Waals surface area contributed by atoms with E-state index in [1.54, 1.807) is 18.4 Å². The largest absolute Gasteiger partial charge is 0.496 e. The molecular formula is C15H20N2OS. The normalized spacial score (nSPS) is 12.5. The van der Waals surface area contributed by atoms with Gasteiger partial charge in [-0.25, -0.2) is 5.43 Å². The van der Waals surface area contributed by atoms with Crippen LogP contribution >= 0.6 is 11.3 Å². The summed E-state index contributed by atoms with van der Waals surface area (Å²) >= 11 is 1.77. The van der Waals surface area contributed by atoms with Gasteiger partial charge in [0.25, 0.3) is 0 Å². The predicted molar refractivity (Wildman–Crippen MR) is 80.7 cm³/mol. The Labute approximate surface area is 118 Å². The van der Waals surface area contributed by atoms with E-state index >= 15 is 0 Å². The first-order valence-electron chi connectivity index (χ1n) is 6.24. The molecule has 1 atom stereocenters. The first kappa shape index (κ1) is 14.1. The summed E-state index contributed by atoms with van der Waals surface area (Å²) in [5, 5.41) is 0. The maximum Gasteiger partial charge on any atom is 0.122 e. The Hall–Kier alpha value is -1.36. The molecule has 102 valence electrons. The fourth-order valence-electron chi connectivity index (χ4n) is 2.28. The third-order valence-corrected chi connectivity index (χ3v) is 4.37. The first-order valence-corrected chi connectivity index (χ1v) is 7.06. The van der Waals surface area contributed by atoms with Crippen molar-refractivity contribution in [3.63, 3.8) is 0 Å². The summed E-state index contributed by atoms with van der Waals surface area (Å²) in [5.74, 6) is 6.68. The summed E-state index contributed by atoms with van der Waals surface area (Å²) in [5.41, 5.74) is 6.42. The minimum atomic E-state index is 0.0308. The van der Waals surface area contributed by atoms with Crippen LogP contribution in [0.4, 0.5) is 0 Å². The van der Waals surface area contributed by atoms with Crippen LogP contribution in [0.1, 0.15) is 32.5 Å². The number of benzene rings is 1. The molecule has 0 bridgehead atoms. The molecule has 2 aromatic rings. The van der Waals surface area contributed by atoms with Crippen molar-refractivity contribution >= 4 is 11.3 Å². The van der Waals surface area contributed by atoms with Gasteiger partial charge in [-0.2, -0.15) is 0 Å². The Kier molecular flexibility index (Phi) is 4.24. The second-order valence-electron chi connectivity index (χ2n) is 4.73. The monoisotopic (exact) mass is 276 g/mol. The molecule has 3 N–H and O–H groups in total. The zero-order chi connectivity index (χ0) is 14.0. The van der Waals surface area contributed by atoms with Crippen molar-refractivity contribution in [3.05, 3.63) is 50.7 Å². The Morgan fingerprint density at radius 3 is 2.42 bits per heavy atom. The molecule has 4 heteroatoms. The van der Waals surface area contributed by atoms with Crippen LogP contribution in [-0.2, 0) is 0 Å². The van der Waals surface area contributed by atoms with Gasteiger partial charge < -0.3 is 4.74 Å². The molecule has 0 radical (unpaired) electrons. The maximum atomic E-state index is 5.76. The zero-order valence-corrected chi connectivity index (χ0v) is 12.6. The Morgan fingerprint density at radius 1 is 1.16 bits per heavy atom. The van der Waals surface area contributed by atoms with E-state index in [4.69, 9.17) is 10.6 Å². The van der Waals surface area contributed by atoms with Gasteiger partial charge in [0.15, 0.2) is 0 Å². The van der Waals surface area contributed by atoms with Crippen LogP contribution in [0.3, 0.4) is 0 Å². The highest BCUT2D eigenvalue weighted by molar-refractivity contribution is 7.12. The number of ether oxygens (including phenoxy) is 1. The SMILES string of the molecule is COc1cc(C)c(C(NN)c2ccc(C)s2)cc1C. The summed E-state index contributed by atoms with van der Waals surface area (Å²) in [6.45, 7) is 6.24. The zero-order valence-electron chi connectivity index (χ0n) is 11.8. The fraction of sp³-hybridized carbons (Fsp3) is 0.333. The summed E-state index contributed by atoms with van der Waals surface area (Å²) in [4.78, 5) is 2.52. The second-order valence-corrected chi connectivity index (χ2v) is 6.05. The lowest BCUT2D eigenvalue weighted by Gasteiger charge is -2.19. The summed E-state index contributed by atoms with van der Waals surface area (Å²) in [7, 11) is 1.70. The van der Waals surface area contributed by atoms with Crippen molar-refractivity contribution in [2.75, 3.05) is 7.11 Å². The number of thiophene rings is 1. The van der Waals surface area contributed by atoms with Crippen LogP contribution in [0.15, 0.2) is 24.3 Å². The molecule has 0 fully saturated rings. The van der Waals surface area contributed by atoms with E-state index in [9.17, 15) is 0 Å². The van der Waals surface area contributed by atoms with E-state index in [2.05, 4.69) is 50.5 Å². The molecule has 0 saturated carbocycles. The quantitative estimate of drug-likeness (QED) is 0.666. The van der Waals surface area contributed by atoms with Crippen LogP contribution in [0.5, 0.6) is 5.75 Å². The van der Waals surface area contributed by atoms with Gasteiger partial charge in [-0.15, -0.1) is 11.3 Å². The Balaban J connectivity index is 2.47. The highest BCUT2D eigenvalue weighted by Gasteiger charge is 2.17. The number of hydrogen-bond acceptors (Lipinski definition) is 4. The van der Waals surface area contributed by atoms with Crippen LogP contribution < -0.4 is 16.0 Å². The van der Waals surface area contributed by atoms with Crippen LogP contribution in [0.25, 0.3) is 0 Å².